The fourth-order valence-corrected chi connectivity index (χ4v) is 1.73. The highest BCUT2D eigenvalue weighted by molar-refractivity contribution is 5.96. The Bertz CT molecular complexity index is 474. The van der Waals surface area contributed by atoms with E-state index in [4.69, 9.17) is 0 Å². The maximum atomic E-state index is 12.0. The van der Waals surface area contributed by atoms with E-state index in [1.165, 1.54) is 12.1 Å². The van der Waals surface area contributed by atoms with Gasteiger partial charge in [-0.05, 0) is 26.0 Å². The van der Waals surface area contributed by atoms with Crippen LogP contribution in [0.15, 0.2) is 18.2 Å². The van der Waals surface area contributed by atoms with Gasteiger partial charge in [0.2, 0.25) is 0 Å². The molecule has 0 aliphatic carbocycles. The van der Waals surface area contributed by atoms with Crippen molar-refractivity contribution >= 4 is 11.6 Å². The highest BCUT2D eigenvalue weighted by Crippen LogP contribution is 2.17. The van der Waals surface area contributed by atoms with E-state index in [1.807, 2.05) is 13.8 Å². The van der Waals surface area contributed by atoms with Gasteiger partial charge in [0, 0.05) is 30.3 Å². The second-order valence-electron chi connectivity index (χ2n) is 4.43. The van der Waals surface area contributed by atoms with Crippen LogP contribution in [-0.4, -0.2) is 30.0 Å². The van der Waals surface area contributed by atoms with Crippen LogP contribution in [0.4, 0.5) is 5.69 Å². The number of benzene rings is 1. The Morgan fingerprint density at radius 2 is 2.16 bits per heavy atom. The first-order valence-corrected chi connectivity index (χ1v) is 6.22. The first kappa shape index (κ1) is 15.1. The molecule has 0 spiro atoms. The van der Waals surface area contributed by atoms with E-state index in [9.17, 15) is 14.9 Å². The van der Waals surface area contributed by atoms with Gasteiger partial charge in [0.05, 0.1) is 4.92 Å². The maximum Gasteiger partial charge on any atom is 0.270 e. The first-order chi connectivity index (χ1) is 8.95. The molecule has 19 heavy (non-hydrogen) atoms. The van der Waals surface area contributed by atoms with Gasteiger partial charge in [0.25, 0.3) is 11.6 Å². The third-order valence-corrected chi connectivity index (χ3v) is 2.80. The second kappa shape index (κ2) is 6.84. The van der Waals surface area contributed by atoms with Crippen molar-refractivity contribution in [3.05, 3.63) is 39.4 Å². The summed E-state index contributed by atoms with van der Waals surface area (Å²) in [4.78, 5) is 22.2. The number of likely N-dealkylation sites (N-methyl/N-ethyl adjacent to an activating group) is 1. The van der Waals surface area contributed by atoms with E-state index >= 15 is 0 Å². The SMILES string of the molecule is CCN[C@H](C)CNC(=O)c1cc([N+](=O)[O-])ccc1C. The average Bonchev–Trinajstić information content (AvgIpc) is 2.36. The van der Waals surface area contributed by atoms with E-state index in [2.05, 4.69) is 10.6 Å². The summed E-state index contributed by atoms with van der Waals surface area (Å²) in [6, 6.07) is 4.45. The molecular weight excluding hydrogens is 246 g/mol. The number of carbonyl (C=O) groups excluding carboxylic acids is 1. The Kier molecular flexibility index (Phi) is 5.44. The molecule has 0 aliphatic rings. The van der Waals surface area contributed by atoms with E-state index in [0.717, 1.165) is 12.1 Å². The van der Waals surface area contributed by atoms with Crippen LogP contribution >= 0.6 is 0 Å². The van der Waals surface area contributed by atoms with Gasteiger partial charge >= 0.3 is 0 Å². The molecule has 0 aromatic heterocycles. The molecule has 0 saturated heterocycles. The monoisotopic (exact) mass is 265 g/mol. The third kappa shape index (κ3) is 4.33. The van der Waals surface area contributed by atoms with E-state index in [-0.39, 0.29) is 17.6 Å². The number of nitrogens with zero attached hydrogens (tertiary/aromatic N) is 1. The van der Waals surface area contributed by atoms with Gasteiger partial charge in [0.15, 0.2) is 0 Å². The van der Waals surface area contributed by atoms with Gasteiger partial charge in [-0.3, -0.25) is 14.9 Å². The largest absolute Gasteiger partial charge is 0.350 e. The van der Waals surface area contributed by atoms with Gasteiger partial charge in [-0.15, -0.1) is 0 Å². The van der Waals surface area contributed by atoms with Crippen LogP contribution in [0.2, 0.25) is 0 Å². The summed E-state index contributed by atoms with van der Waals surface area (Å²) in [6.45, 7) is 7.02. The molecule has 1 atom stereocenters. The summed E-state index contributed by atoms with van der Waals surface area (Å²) in [5.74, 6) is -0.286. The van der Waals surface area contributed by atoms with Gasteiger partial charge < -0.3 is 10.6 Å². The molecule has 0 unspecified atom stereocenters. The Balaban J connectivity index is 2.76. The summed E-state index contributed by atoms with van der Waals surface area (Å²) < 4.78 is 0. The number of hydrogen-bond acceptors (Lipinski definition) is 4. The van der Waals surface area contributed by atoms with Crippen molar-refractivity contribution in [2.75, 3.05) is 13.1 Å². The number of rotatable bonds is 6. The lowest BCUT2D eigenvalue weighted by molar-refractivity contribution is -0.384. The number of non-ortho nitro benzene ring substituents is 1. The second-order valence-corrected chi connectivity index (χ2v) is 4.43. The lowest BCUT2D eigenvalue weighted by Crippen LogP contribution is -2.39. The predicted octanol–water partition coefficient (Wildman–Crippen LogP) is 1.63. The van der Waals surface area contributed by atoms with Crippen LogP contribution in [0.25, 0.3) is 0 Å². The number of nitro groups is 1. The smallest absolute Gasteiger partial charge is 0.270 e. The van der Waals surface area contributed by atoms with Crippen molar-refractivity contribution in [1.82, 2.24) is 10.6 Å². The van der Waals surface area contributed by atoms with Crippen LogP contribution in [0.3, 0.4) is 0 Å². The average molecular weight is 265 g/mol. The van der Waals surface area contributed by atoms with E-state index < -0.39 is 4.92 Å². The van der Waals surface area contributed by atoms with Crippen molar-refractivity contribution < 1.29 is 9.72 Å². The topological polar surface area (TPSA) is 84.3 Å². The minimum atomic E-state index is -0.502. The molecule has 0 aliphatic heterocycles. The van der Waals surface area contributed by atoms with E-state index in [0.29, 0.717) is 12.1 Å². The molecule has 6 heteroatoms. The zero-order valence-electron chi connectivity index (χ0n) is 11.4. The number of hydrogen-bond donors (Lipinski definition) is 2. The van der Waals surface area contributed by atoms with Gasteiger partial charge in [0.1, 0.15) is 0 Å². The molecule has 0 saturated carbocycles. The van der Waals surface area contributed by atoms with Crippen LogP contribution < -0.4 is 10.6 Å². The Morgan fingerprint density at radius 1 is 1.47 bits per heavy atom. The van der Waals surface area contributed by atoms with Crippen molar-refractivity contribution in [3.8, 4) is 0 Å². The molecule has 0 radical (unpaired) electrons. The van der Waals surface area contributed by atoms with Gasteiger partial charge in [-0.2, -0.15) is 0 Å². The summed E-state index contributed by atoms with van der Waals surface area (Å²) in [7, 11) is 0. The molecule has 0 heterocycles. The lowest BCUT2D eigenvalue weighted by Gasteiger charge is -2.13. The molecule has 2 N–H and O–H groups in total. The van der Waals surface area contributed by atoms with Gasteiger partial charge in [-0.25, -0.2) is 0 Å². The number of carbonyl (C=O) groups is 1. The van der Waals surface area contributed by atoms with Crippen molar-refractivity contribution in [2.45, 2.75) is 26.8 Å². The van der Waals surface area contributed by atoms with Crippen LogP contribution in [0.5, 0.6) is 0 Å². The maximum absolute atomic E-state index is 12.0. The van der Waals surface area contributed by atoms with E-state index in [1.54, 1.807) is 13.0 Å². The quantitative estimate of drug-likeness (QED) is 0.605. The normalized spacial score (nSPS) is 11.9. The number of nitrogens with one attached hydrogen (secondary N) is 2. The standard InChI is InChI=1S/C13H19N3O3/c1-4-14-10(3)8-15-13(17)12-7-11(16(18)19)6-5-9(12)2/h5-7,10,14H,4,8H2,1-3H3,(H,15,17)/t10-/m1/s1. The van der Waals surface area contributed by atoms with Crippen molar-refractivity contribution in [1.29, 1.82) is 0 Å². The van der Waals surface area contributed by atoms with Crippen LogP contribution in [0.1, 0.15) is 29.8 Å². The minimum Gasteiger partial charge on any atom is -0.350 e. The number of aryl methyl sites for hydroxylation is 1. The first-order valence-electron chi connectivity index (χ1n) is 6.22. The molecule has 0 fully saturated rings. The highest BCUT2D eigenvalue weighted by atomic mass is 16.6. The van der Waals surface area contributed by atoms with Crippen LogP contribution in [0, 0.1) is 17.0 Å². The molecule has 104 valence electrons. The Labute approximate surface area is 112 Å². The molecule has 1 rings (SSSR count). The minimum absolute atomic E-state index is 0.0736. The fourth-order valence-electron chi connectivity index (χ4n) is 1.73. The summed E-state index contributed by atoms with van der Waals surface area (Å²) in [6.07, 6.45) is 0. The Morgan fingerprint density at radius 3 is 2.74 bits per heavy atom. The zero-order valence-corrected chi connectivity index (χ0v) is 11.4. The lowest BCUT2D eigenvalue weighted by atomic mass is 10.1. The third-order valence-electron chi connectivity index (χ3n) is 2.80. The molecule has 1 aromatic carbocycles. The summed E-state index contributed by atoms with van der Waals surface area (Å²) >= 11 is 0. The molecule has 1 amide bonds. The molecular formula is C13H19N3O3. The highest BCUT2D eigenvalue weighted by Gasteiger charge is 2.14. The summed E-state index contributed by atoms with van der Waals surface area (Å²) in [5.41, 5.74) is 0.993. The fraction of sp³-hybridized carbons (Fsp3) is 0.462. The van der Waals surface area contributed by atoms with Crippen molar-refractivity contribution in [2.24, 2.45) is 0 Å². The Hall–Kier alpha value is -1.95. The molecule has 1 aromatic rings. The predicted molar refractivity (Wildman–Crippen MR) is 73.3 cm³/mol. The molecule has 0 bridgehead atoms. The van der Waals surface area contributed by atoms with Crippen LogP contribution in [-0.2, 0) is 0 Å². The number of nitro benzene ring substituents is 1. The zero-order chi connectivity index (χ0) is 14.4. The number of amides is 1. The van der Waals surface area contributed by atoms with Gasteiger partial charge in [-0.1, -0.05) is 13.0 Å². The summed E-state index contributed by atoms with van der Waals surface area (Å²) in [5, 5.41) is 16.6. The molecule has 6 nitrogen and oxygen atoms in total. The van der Waals surface area contributed by atoms with Crippen molar-refractivity contribution in [3.63, 3.8) is 0 Å².